The third-order valence-electron chi connectivity index (χ3n) is 4.78. The van der Waals surface area contributed by atoms with E-state index in [4.69, 9.17) is 4.42 Å². The molecule has 82 valence electrons. The highest BCUT2D eigenvalue weighted by molar-refractivity contribution is 5.31. The monoisotopic (exact) mass is 205 g/mol. The van der Waals surface area contributed by atoms with Crippen LogP contribution in [-0.2, 0) is 5.41 Å². The van der Waals surface area contributed by atoms with E-state index in [1.807, 2.05) is 13.8 Å². The topological polar surface area (TPSA) is 26.0 Å². The van der Waals surface area contributed by atoms with Crippen LogP contribution in [0.3, 0.4) is 0 Å². The molecule has 1 heterocycles. The van der Waals surface area contributed by atoms with Gasteiger partial charge in [-0.1, -0.05) is 13.8 Å². The van der Waals surface area contributed by atoms with E-state index in [0.29, 0.717) is 10.8 Å². The van der Waals surface area contributed by atoms with Crippen molar-refractivity contribution < 1.29 is 4.42 Å². The van der Waals surface area contributed by atoms with Crippen molar-refractivity contribution in [1.82, 2.24) is 4.98 Å². The molecule has 3 aliphatic rings. The third kappa shape index (κ3) is 0.977. The molecule has 2 nitrogen and oxygen atoms in total. The summed E-state index contributed by atoms with van der Waals surface area (Å²) in [6.45, 7) is 8.73. The molecule has 15 heavy (non-hydrogen) atoms. The number of hydrogen-bond donors (Lipinski definition) is 0. The van der Waals surface area contributed by atoms with Gasteiger partial charge in [0.15, 0.2) is 0 Å². The molecule has 0 spiro atoms. The average molecular weight is 205 g/mol. The number of aromatic nitrogens is 1. The van der Waals surface area contributed by atoms with E-state index in [2.05, 4.69) is 18.8 Å². The normalized spacial score (nSPS) is 37.7. The van der Waals surface area contributed by atoms with Crippen molar-refractivity contribution >= 4 is 0 Å². The van der Waals surface area contributed by atoms with E-state index in [1.165, 1.54) is 19.3 Å². The number of rotatable bonds is 2. The molecule has 2 bridgehead atoms. The van der Waals surface area contributed by atoms with E-state index >= 15 is 0 Å². The van der Waals surface area contributed by atoms with Gasteiger partial charge in [-0.3, -0.25) is 0 Å². The standard InChI is InChI=1S/C13H19NO/c1-8(2)12-5-13(6-12,7-12)11-14-9(3)10(4)15-11/h8H,5-7H2,1-4H3. The Kier molecular flexibility index (Phi) is 1.56. The van der Waals surface area contributed by atoms with E-state index in [0.717, 1.165) is 23.3 Å². The molecule has 0 amide bonds. The van der Waals surface area contributed by atoms with Crippen molar-refractivity contribution in [1.29, 1.82) is 0 Å². The molecule has 0 N–H and O–H groups in total. The highest BCUT2D eigenvalue weighted by Crippen LogP contribution is 2.76. The molecule has 0 unspecified atom stereocenters. The van der Waals surface area contributed by atoms with Crippen LogP contribution in [0.15, 0.2) is 4.42 Å². The molecular formula is C13H19NO. The molecule has 3 saturated carbocycles. The molecular weight excluding hydrogens is 186 g/mol. The molecule has 2 heteroatoms. The first-order valence-corrected chi connectivity index (χ1v) is 5.92. The Bertz CT molecular complexity index is 377. The smallest absolute Gasteiger partial charge is 0.200 e. The first kappa shape index (κ1) is 9.44. The minimum absolute atomic E-state index is 0.337. The summed E-state index contributed by atoms with van der Waals surface area (Å²) in [4.78, 5) is 4.57. The van der Waals surface area contributed by atoms with Gasteiger partial charge in [-0.25, -0.2) is 4.98 Å². The fourth-order valence-corrected chi connectivity index (χ4v) is 3.41. The maximum Gasteiger partial charge on any atom is 0.200 e. The SMILES string of the molecule is Cc1nc(C23CC(C(C)C)(C2)C3)oc1C. The third-order valence-corrected chi connectivity index (χ3v) is 4.78. The summed E-state index contributed by atoms with van der Waals surface area (Å²) in [5.74, 6) is 2.82. The Morgan fingerprint density at radius 2 is 1.80 bits per heavy atom. The first-order valence-electron chi connectivity index (χ1n) is 5.92. The molecule has 4 rings (SSSR count). The molecule has 0 aliphatic heterocycles. The Hall–Kier alpha value is -0.790. The van der Waals surface area contributed by atoms with Crippen LogP contribution in [0.25, 0.3) is 0 Å². The van der Waals surface area contributed by atoms with E-state index in [1.54, 1.807) is 0 Å². The second kappa shape index (κ2) is 2.47. The molecule has 3 fully saturated rings. The van der Waals surface area contributed by atoms with Crippen LogP contribution < -0.4 is 0 Å². The Balaban J connectivity index is 1.83. The van der Waals surface area contributed by atoms with Gasteiger partial charge < -0.3 is 4.42 Å². The highest BCUT2D eigenvalue weighted by atomic mass is 16.4. The van der Waals surface area contributed by atoms with Gasteiger partial charge in [-0.2, -0.15) is 0 Å². The lowest BCUT2D eigenvalue weighted by atomic mass is 9.32. The van der Waals surface area contributed by atoms with Crippen LogP contribution in [-0.4, -0.2) is 4.98 Å². The zero-order valence-electron chi connectivity index (χ0n) is 10.1. The lowest BCUT2D eigenvalue weighted by Gasteiger charge is -2.71. The van der Waals surface area contributed by atoms with Crippen LogP contribution in [0.1, 0.15) is 50.5 Å². The minimum Gasteiger partial charge on any atom is -0.445 e. The zero-order chi connectivity index (χ0) is 10.8. The summed E-state index contributed by atoms with van der Waals surface area (Å²) in [7, 11) is 0. The van der Waals surface area contributed by atoms with E-state index in [-0.39, 0.29) is 0 Å². The number of aryl methyl sites for hydroxylation is 2. The van der Waals surface area contributed by atoms with E-state index in [9.17, 15) is 0 Å². The van der Waals surface area contributed by atoms with Gasteiger partial charge in [0.1, 0.15) is 5.76 Å². The van der Waals surface area contributed by atoms with Crippen molar-refractivity contribution in [3.05, 3.63) is 17.3 Å². The largest absolute Gasteiger partial charge is 0.445 e. The van der Waals surface area contributed by atoms with Gasteiger partial charge in [0.05, 0.1) is 5.69 Å². The summed E-state index contributed by atoms with van der Waals surface area (Å²) < 4.78 is 5.77. The number of nitrogens with zero attached hydrogens (tertiary/aromatic N) is 1. The summed E-state index contributed by atoms with van der Waals surface area (Å²) >= 11 is 0. The van der Waals surface area contributed by atoms with Crippen LogP contribution in [0, 0.1) is 25.2 Å². The molecule has 0 radical (unpaired) electrons. The van der Waals surface area contributed by atoms with Gasteiger partial charge in [-0.05, 0) is 44.4 Å². The molecule has 0 aromatic carbocycles. The first-order chi connectivity index (χ1) is 6.97. The predicted octanol–water partition coefficient (Wildman–Crippen LogP) is 3.37. The quantitative estimate of drug-likeness (QED) is 0.739. The fraction of sp³-hybridized carbons (Fsp3) is 0.769. The average Bonchev–Trinajstić information content (AvgIpc) is 2.25. The van der Waals surface area contributed by atoms with Crippen molar-refractivity contribution in [2.24, 2.45) is 11.3 Å². The molecule has 0 saturated heterocycles. The number of hydrogen-bond acceptors (Lipinski definition) is 2. The maximum absolute atomic E-state index is 5.77. The summed E-state index contributed by atoms with van der Waals surface area (Å²) in [6.07, 6.45) is 3.91. The predicted molar refractivity (Wildman–Crippen MR) is 58.8 cm³/mol. The fourth-order valence-electron chi connectivity index (χ4n) is 3.41. The summed E-state index contributed by atoms with van der Waals surface area (Å²) in [5.41, 5.74) is 2.04. The molecule has 1 aromatic rings. The Morgan fingerprint density at radius 3 is 2.20 bits per heavy atom. The summed E-state index contributed by atoms with van der Waals surface area (Å²) in [5, 5.41) is 0. The van der Waals surface area contributed by atoms with Crippen molar-refractivity contribution in [3.63, 3.8) is 0 Å². The summed E-state index contributed by atoms with van der Waals surface area (Å²) in [6, 6.07) is 0. The van der Waals surface area contributed by atoms with Crippen molar-refractivity contribution in [2.75, 3.05) is 0 Å². The van der Waals surface area contributed by atoms with Crippen LogP contribution in [0.2, 0.25) is 0 Å². The van der Waals surface area contributed by atoms with Gasteiger partial charge in [0, 0.05) is 5.41 Å². The van der Waals surface area contributed by atoms with E-state index < -0.39 is 0 Å². The maximum atomic E-state index is 5.77. The molecule has 1 aromatic heterocycles. The Labute approximate surface area is 91.1 Å². The van der Waals surface area contributed by atoms with Gasteiger partial charge >= 0.3 is 0 Å². The lowest BCUT2D eigenvalue weighted by molar-refractivity contribution is -0.183. The van der Waals surface area contributed by atoms with Gasteiger partial charge in [0.2, 0.25) is 5.89 Å². The molecule has 3 aliphatic carbocycles. The second-order valence-electron chi connectivity index (χ2n) is 5.99. The van der Waals surface area contributed by atoms with Gasteiger partial charge in [0.25, 0.3) is 0 Å². The lowest BCUT2D eigenvalue weighted by Crippen LogP contribution is -2.66. The van der Waals surface area contributed by atoms with Crippen LogP contribution in [0.4, 0.5) is 0 Å². The highest BCUT2D eigenvalue weighted by Gasteiger charge is 2.71. The van der Waals surface area contributed by atoms with Crippen molar-refractivity contribution in [3.8, 4) is 0 Å². The van der Waals surface area contributed by atoms with Crippen LogP contribution >= 0.6 is 0 Å². The zero-order valence-corrected chi connectivity index (χ0v) is 10.1. The van der Waals surface area contributed by atoms with Crippen molar-refractivity contribution in [2.45, 2.75) is 52.4 Å². The second-order valence-corrected chi connectivity index (χ2v) is 5.99. The Morgan fingerprint density at radius 1 is 1.20 bits per heavy atom. The minimum atomic E-state index is 0.337. The van der Waals surface area contributed by atoms with Gasteiger partial charge in [-0.15, -0.1) is 0 Å². The number of oxazole rings is 1. The van der Waals surface area contributed by atoms with Crippen LogP contribution in [0.5, 0.6) is 0 Å². The molecule has 0 atom stereocenters.